The van der Waals surface area contributed by atoms with Gasteiger partial charge in [-0.3, -0.25) is 9.59 Å². The molecule has 2 amide bonds. The van der Waals surface area contributed by atoms with Gasteiger partial charge in [-0.2, -0.15) is 0 Å². The highest BCUT2D eigenvalue weighted by Crippen LogP contribution is 1.90. The van der Waals surface area contributed by atoms with Gasteiger partial charge in [0.25, 0.3) is 0 Å². The van der Waals surface area contributed by atoms with Gasteiger partial charge in [0.2, 0.25) is 11.8 Å². The molecule has 0 aliphatic carbocycles. The molecule has 0 bridgehead atoms. The molecule has 7 heteroatoms. The molecule has 0 aromatic carbocycles. The summed E-state index contributed by atoms with van der Waals surface area (Å²) < 4.78 is 9.83. The van der Waals surface area contributed by atoms with Gasteiger partial charge in [0.05, 0.1) is 32.3 Å². The molecule has 1 atom stereocenters. The molecule has 0 aromatic rings. The Kier molecular flexibility index (Phi) is 8.89. The summed E-state index contributed by atoms with van der Waals surface area (Å²) >= 11 is 0. The Hall–Kier alpha value is -1.47. The fraction of sp³-hybridized carbons (Fsp3) is 0.700. The topological polar surface area (TPSA) is 108 Å². The molecule has 0 aliphatic heterocycles. The van der Waals surface area contributed by atoms with Gasteiger partial charge in [0.15, 0.2) is 0 Å². The molecule has 0 aromatic heterocycles. The minimum Gasteiger partial charge on any atom is -0.382 e. The molecule has 7 nitrogen and oxygen atoms in total. The lowest BCUT2D eigenvalue weighted by Crippen LogP contribution is -2.39. The zero-order valence-electron chi connectivity index (χ0n) is 9.81. The van der Waals surface area contributed by atoms with E-state index in [1.165, 1.54) is 0 Å². The number of methoxy groups -OCH3 is 1. The fourth-order valence-corrected chi connectivity index (χ4v) is 1.04. The number of ether oxygens (including phenoxy) is 2. The van der Waals surface area contributed by atoms with Crippen LogP contribution in [0.4, 0.5) is 0 Å². The van der Waals surface area contributed by atoms with Crippen LogP contribution >= 0.6 is 0 Å². The van der Waals surface area contributed by atoms with Crippen molar-refractivity contribution >= 4 is 18.1 Å². The number of nitrogens with one attached hydrogen (secondary N) is 1. The van der Waals surface area contributed by atoms with Crippen LogP contribution in [0.2, 0.25) is 0 Å². The zero-order chi connectivity index (χ0) is 13.1. The smallest absolute Gasteiger partial charge is 0.222 e. The van der Waals surface area contributed by atoms with E-state index in [4.69, 9.17) is 15.2 Å². The van der Waals surface area contributed by atoms with Gasteiger partial charge in [-0.25, -0.2) is 0 Å². The zero-order valence-corrected chi connectivity index (χ0v) is 9.81. The highest BCUT2D eigenvalue weighted by molar-refractivity contribution is 5.84. The summed E-state index contributed by atoms with van der Waals surface area (Å²) in [5, 5.41) is 2.37. The van der Waals surface area contributed by atoms with E-state index in [2.05, 4.69) is 5.32 Å². The van der Waals surface area contributed by atoms with E-state index in [-0.39, 0.29) is 25.4 Å². The molecule has 0 radical (unpaired) electrons. The van der Waals surface area contributed by atoms with Crippen LogP contribution in [-0.2, 0) is 23.9 Å². The normalized spacial score (nSPS) is 11.8. The lowest BCUT2D eigenvalue weighted by molar-refractivity contribution is -0.126. The number of aldehydes is 1. The molecule has 0 aliphatic rings. The van der Waals surface area contributed by atoms with Gasteiger partial charge >= 0.3 is 0 Å². The molecular weight excluding hydrogens is 228 g/mol. The van der Waals surface area contributed by atoms with Crippen molar-refractivity contribution in [3.8, 4) is 0 Å². The van der Waals surface area contributed by atoms with Crippen LogP contribution in [0.5, 0.6) is 0 Å². The van der Waals surface area contributed by atoms with Crippen LogP contribution in [0.25, 0.3) is 0 Å². The van der Waals surface area contributed by atoms with E-state index in [0.717, 1.165) is 0 Å². The van der Waals surface area contributed by atoms with Gasteiger partial charge in [-0.05, 0) is 0 Å². The second kappa shape index (κ2) is 9.73. The average molecular weight is 246 g/mol. The molecule has 0 unspecified atom stereocenters. The number of hydrogen-bond acceptors (Lipinski definition) is 5. The first-order valence-electron chi connectivity index (χ1n) is 5.19. The van der Waals surface area contributed by atoms with Crippen molar-refractivity contribution < 1.29 is 23.9 Å². The Bertz CT molecular complexity index is 257. The number of carbonyl (C=O) groups excluding carboxylic acids is 3. The Labute approximate surface area is 99.6 Å². The third-order valence-electron chi connectivity index (χ3n) is 1.84. The number of rotatable bonds is 10. The minimum atomic E-state index is -0.862. The van der Waals surface area contributed by atoms with E-state index in [1.54, 1.807) is 7.11 Å². The summed E-state index contributed by atoms with van der Waals surface area (Å²) in [5.74, 6) is -1.00. The van der Waals surface area contributed by atoms with Gasteiger partial charge in [0.1, 0.15) is 6.29 Å². The lowest BCUT2D eigenvalue weighted by Gasteiger charge is -2.10. The quantitative estimate of drug-likeness (QED) is 0.364. The summed E-state index contributed by atoms with van der Waals surface area (Å²) in [6, 6.07) is -0.862. The van der Waals surface area contributed by atoms with Crippen LogP contribution in [0.15, 0.2) is 0 Å². The highest BCUT2D eigenvalue weighted by atomic mass is 16.5. The maximum Gasteiger partial charge on any atom is 0.222 e. The van der Waals surface area contributed by atoms with E-state index in [0.29, 0.717) is 19.5 Å². The molecule has 98 valence electrons. The number of hydrogen-bond donors (Lipinski definition) is 2. The summed E-state index contributed by atoms with van der Waals surface area (Å²) in [7, 11) is 1.55. The molecule has 0 heterocycles. The first-order chi connectivity index (χ1) is 8.10. The van der Waals surface area contributed by atoms with Crippen LogP contribution < -0.4 is 11.1 Å². The van der Waals surface area contributed by atoms with E-state index in [9.17, 15) is 14.4 Å². The predicted molar refractivity (Wildman–Crippen MR) is 59.1 cm³/mol. The molecule has 0 fully saturated rings. The Balaban J connectivity index is 3.68. The Morgan fingerprint density at radius 3 is 2.59 bits per heavy atom. The van der Waals surface area contributed by atoms with Crippen molar-refractivity contribution in [3.05, 3.63) is 0 Å². The first-order valence-corrected chi connectivity index (χ1v) is 5.19. The number of carbonyl (C=O) groups is 3. The largest absolute Gasteiger partial charge is 0.382 e. The van der Waals surface area contributed by atoms with E-state index >= 15 is 0 Å². The number of amides is 2. The minimum absolute atomic E-state index is 0.118. The molecule has 0 spiro atoms. The standard InChI is InChI=1S/C10H18N2O5/c1-16-4-5-17-3-2-10(15)12-8(7-13)6-9(11)14/h7-8H,2-6H2,1H3,(H2,11,14)(H,12,15)/t8-/m1/s1. The first kappa shape index (κ1) is 15.5. The van der Waals surface area contributed by atoms with Crippen molar-refractivity contribution in [1.82, 2.24) is 5.32 Å². The maximum atomic E-state index is 11.3. The molecule has 0 rings (SSSR count). The third kappa shape index (κ3) is 9.46. The summed E-state index contributed by atoms with van der Waals surface area (Å²) in [5.41, 5.74) is 4.91. The number of nitrogens with two attached hydrogens (primary N) is 1. The van der Waals surface area contributed by atoms with Gasteiger partial charge in [-0.15, -0.1) is 0 Å². The molecule has 0 saturated heterocycles. The molecule has 17 heavy (non-hydrogen) atoms. The van der Waals surface area contributed by atoms with Gasteiger partial charge < -0.3 is 25.3 Å². The highest BCUT2D eigenvalue weighted by Gasteiger charge is 2.13. The Morgan fingerprint density at radius 2 is 2.06 bits per heavy atom. The summed E-state index contributed by atoms with van der Waals surface area (Å²) in [6.07, 6.45) is 0.404. The molecule has 0 saturated carbocycles. The van der Waals surface area contributed by atoms with Crippen LogP contribution in [-0.4, -0.2) is 51.1 Å². The maximum absolute atomic E-state index is 11.3. The van der Waals surface area contributed by atoms with Crippen LogP contribution in [0, 0.1) is 0 Å². The Morgan fingerprint density at radius 1 is 1.35 bits per heavy atom. The monoisotopic (exact) mass is 246 g/mol. The SMILES string of the molecule is COCCOCCC(=O)N[C@@H](C=O)CC(N)=O. The molecule has 3 N–H and O–H groups in total. The second-order valence-electron chi connectivity index (χ2n) is 3.34. The van der Waals surface area contributed by atoms with Crippen molar-refractivity contribution in [3.63, 3.8) is 0 Å². The average Bonchev–Trinajstić information content (AvgIpc) is 2.27. The fourth-order valence-electron chi connectivity index (χ4n) is 1.04. The lowest BCUT2D eigenvalue weighted by atomic mass is 10.2. The predicted octanol–water partition coefficient (Wildman–Crippen LogP) is -1.40. The van der Waals surface area contributed by atoms with Crippen molar-refractivity contribution in [1.29, 1.82) is 0 Å². The summed E-state index contributed by atoms with van der Waals surface area (Å²) in [6.45, 7) is 1.10. The van der Waals surface area contributed by atoms with Gasteiger partial charge in [0, 0.05) is 13.5 Å². The molecular formula is C10H18N2O5. The van der Waals surface area contributed by atoms with Crippen molar-refractivity contribution in [2.45, 2.75) is 18.9 Å². The van der Waals surface area contributed by atoms with E-state index in [1.807, 2.05) is 0 Å². The van der Waals surface area contributed by atoms with Crippen LogP contribution in [0.3, 0.4) is 0 Å². The summed E-state index contributed by atoms with van der Waals surface area (Å²) in [4.78, 5) is 32.4. The third-order valence-corrected chi connectivity index (χ3v) is 1.84. The van der Waals surface area contributed by atoms with Crippen molar-refractivity contribution in [2.75, 3.05) is 26.9 Å². The number of primary amides is 1. The second-order valence-corrected chi connectivity index (χ2v) is 3.34. The van der Waals surface area contributed by atoms with Crippen molar-refractivity contribution in [2.24, 2.45) is 5.73 Å². The van der Waals surface area contributed by atoms with E-state index < -0.39 is 11.9 Å². The van der Waals surface area contributed by atoms with Gasteiger partial charge in [-0.1, -0.05) is 0 Å². The van der Waals surface area contributed by atoms with Crippen LogP contribution in [0.1, 0.15) is 12.8 Å².